The van der Waals surface area contributed by atoms with Crippen molar-refractivity contribution in [3.8, 4) is 5.88 Å². The third-order valence-electron chi connectivity index (χ3n) is 31.1. The van der Waals surface area contributed by atoms with E-state index in [0.29, 0.717) is 95.2 Å². The molecule has 145 heavy (non-hydrogen) atoms. The van der Waals surface area contributed by atoms with Crippen molar-refractivity contribution in [2.45, 2.75) is 286 Å². The summed E-state index contributed by atoms with van der Waals surface area (Å²) < 4.78 is 48.9. The maximum Gasteiger partial charge on any atom is 0.222 e. The predicted molar refractivity (Wildman–Crippen MR) is 612 cm³/mol. The van der Waals surface area contributed by atoms with Crippen molar-refractivity contribution in [1.82, 2.24) is 29.2 Å². The molecule has 10 aliphatic rings. The van der Waals surface area contributed by atoms with Gasteiger partial charge in [-0.25, -0.2) is 14.4 Å². The third-order valence-corrected chi connectivity index (χ3v) is 32.4. The summed E-state index contributed by atoms with van der Waals surface area (Å²) in [7, 11) is 0.0444. The number of halogens is 1. The molecule has 5 atom stereocenters. The number of amides is 1. The standard InChI is InChI=1S/C18H28N2O.C18H28N2.C16H23FN2O.C16H23N.C14H19NO.C12H15N.C11H16OS.C10H14N2O.C10H15NO/c1-13(2)16-5-7-17(8-6-16)19-9-15(4)20(10-14(19)3)18-11-21-12-18;1-14(2)16-7-8-18(15(3)13-16)20-11-9-19(10-12-20)17-5-4-6-17;1-12(2)15-4-3-13(9-16(15)17)18-5-7-19(8-6-18)14-10-20-11-14;1-12(2)13-6-8-16(9-7-13)17-10-14-4-3-5-15(14)11-17;1-11(2)12-3-5-13(6-4-12)15-7-14(8-15)9-16-10-14;1-9(2)11-5-4-10-6-7-13(3)12(10)8-11;1-9(2)10-5-7-11(8-6-10)13(3,4)12;1-7(2)9-4-5-10(11-6-9)12-8(3)13;1-4-12-10-6-5-9(7-11-10)8(2)3/h5-8,13-15,18H,9-12H2,1-4H3;7-8,13-14,17H,4-6,9-12H2,1-3H3;3-4,9,12,14H,5-8,10-11H2,1-2H3;6-9,12,14-15H,3-5,10-11H2,1-2H3;3-6,11H,7-10H2,1-2H3;4-9H,1-3H3;5-9H,3H2,1-2,4H3;4-7H,1-3H3,(H,11,12,13);5-8H,4H2,1-3H3/t14-,15+;;;;;;;;/m0......../s1. The number of nitrogens with zero attached hydrogens (tertiary/aromatic N) is 11. The molecule has 2 saturated carbocycles. The molecular weight excluding hydrogens is 1820 g/mol. The summed E-state index contributed by atoms with van der Waals surface area (Å²) in [5.74, 6) is 11.6. The average molecular weight is 2000 g/mol. The van der Waals surface area contributed by atoms with Crippen molar-refractivity contribution < 1.29 is 32.3 Å². The summed E-state index contributed by atoms with van der Waals surface area (Å²) in [4.78, 5) is 40.1. The zero-order valence-electron chi connectivity index (χ0n) is 93.2. The van der Waals surface area contributed by atoms with Crippen molar-refractivity contribution in [2.24, 2.45) is 24.3 Å². The Morgan fingerprint density at radius 1 is 0.469 bits per heavy atom. The van der Waals surface area contributed by atoms with Crippen LogP contribution in [0.4, 0.5) is 38.6 Å². The molecule has 1 spiro atoms. The van der Waals surface area contributed by atoms with Gasteiger partial charge in [0, 0.05) is 193 Å². The molecule has 18 nitrogen and oxygen atoms in total. The number of benzene rings is 7. The number of aryl methyl sites for hydroxylation is 2. The molecule has 7 aromatic carbocycles. The van der Waals surface area contributed by atoms with Crippen LogP contribution in [0.3, 0.4) is 0 Å². The van der Waals surface area contributed by atoms with E-state index in [2.05, 4.69) is 337 Å². The van der Waals surface area contributed by atoms with Gasteiger partial charge in [-0.05, 0) is 280 Å². The van der Waals surface area contributed by atoms with Gasteiger partial charge in [0.2, 0.25) is 11.8 Å². The van der Waals surface area contributed by atoms with E-state index < -0.39 is 9.52 Å². The number of carbonyl (C=O) groups excluding carboxylic acids is 1. The van der Waals surface area contributed by atoms with Gasteiger partial charge in [-0.15, -0.1) is 0 Å². The summed E-state index contributed by atoms with van der Waals surface area (Å²) in [5.41, 5.74) is 21.6. The van der Waals surface area contributed by atoms with Crippen molar-refractivity contribution in [3.63, 3.8) is 0 Å². The van der Waals surface area contributed by atoms with E-state index in [4.69, 9.17) is 18.9 Å². The van der Waals surface area contributed by atoms with Crippen LogP contribution in [0.2, 0.25) is 0 Å². The lowest BCUT2D eigenvalue weighted by molar-refractivity contribution is -0.127. The molecule has 1 amide bonds. The van der Waals surface area contributed by atoms with Gasteiger partial charge in [0.05, 0.1) is 63.7 Å². The van der Waals surface area contributed by atoms with Crippen LogP contribution >= 0.6 is 0 Å². The molecule has 790 valence electrons. The second-order valence-corrected chi connectivity index (χ2v) is 48.0. The number of fused-ring (bicyclic) bond motifs is 2. The van der Waals surface area contributed by atoms with Gasteiger partial charge < -0.3 is 53.3 Å². The van der Waals surface area contributed by atoms with Crippen LogP contribution in [-0.4, -0.2) is 220 Å². The Morgan fingerprint density at radius 3 is 1.35 bits per heavy atom. The minimum atomic E-state index is -2.05. The lowest BCUT2D eigenvalue weighted by Gasteiger charge is -2.56. The molecule has 8 saturated heterocycles. The number of piperazine rings is 3. The van der Waals surface area contributed by atoms with Gasteiger partial charge in [0.1, 0.15) is 11.6 Å². The predicted octanol–water partition coefficient (Wildman–Crippen LogP) is 26.6. The van der Waals surface area contributed by atoms with E-state index in [1.807, 2.05) is 75.5 Å². The maximum absolute atomic E-state index is 14.1. The third kappa shape index (κ3) is 32.4. The Kier molecular flexibility index (Phi) is 42.5. The number of carbonyl (C=O) groups is 1. The minimum absolute atomic E-state index is 0.0766. The van der Waals surface area contributed by atoms with Gasteiger partial charge in [-0.3, -0.25) is 23.7 Å². The van der Waals surface area contributed by atoms with Crippen LogP contribution in [0.15, 0.2) is 205 Å². The smallest absolute Gasteiger partial charge is 0.222 e. The van der Waals surface area contributed by atoms with E-state index in [1.165, 1.54) is 182 Å². The maximum atomic E-state index is 14.1. The Morgan fingerprint density at radius 2 is 0.924 bits per heavy atom. The molecule has 3 aromatic heterocycles. The number of aromatic nitrogens is 3. The fraction of sp³-hybridized carbons (Fsp3) is 0.552. The first-order chi connectivity index (χ1) is 69.2. The van der Waals surface area contributed by atoms with E-state index in [1.54, 1.807) is 18.5 Å². The van der Waals surface area contributed by atoms with E-state index in [0.717, 1.165) is 113 Å². The molecule has 11 heterocycles. The molecule has 20 heteroatoms. The second-order valence-electron chi connectivity index (χ2n) is 45.5. The van der Waals surface area contributed by atoms with Crippen LogP contribution in [0.5, 0.6) is 5.88 Å². The number of hydrogen-bond acceptors (Lipinski definition) is 16. The fourth-order valence-corrected chi connectivity index (χ4v) is 21.5. The zero-order valence-corrected chi connectivity index (χ0v) is 94.1. The zero-order chi connectivity index (χ0) is 105. The van der Waals surface area contributed by atoms with Gasteiger partial charge >= 0.3 is 0 Å². The lowest BCUT2D eigenvalue weighted by atomic mass is 9.77. The quantitative estimate of drug-likeness (QED) is 0.0682. The highest BCUT2D eigenvalue weighted by Crippen LogP contribution is 2.43. The summed E-state index contributed by atoms with van der Waals surface area (Å²) in [6, 6.07) is 67.9. The monoisotopic (exact) mass is 2000 g/mol. The largest absolute Gasteiger partial charge is 0.478 e. The lowest BCUT2D eigenvalue weighted by Crippen LogP contribution is -2.66. The first kappa shape index (κ1) is 114. The Hall–Kier alpha value is -9.64. The van der Waals surface area contributed by atoms with E-state index in [9.17, 15) is 13.4 Å². The van der Waals surface area contributed by atoms with Crippen LogP contribution < -0.4 is 34.6 Å². The number of hydrogen-bond donors (Lipinski definition) is 1. The first-order valence-electron chi connectivity index (χ1n) is 54.9. The number of ether oxygens (including phenoxy) is 4. The van der Waals surface area contributed by atoms with Crippen molar-refractivity contribution in [2.75, 3.05) is 174 Å². The molecular formula is C125H181FN12O6S. The van der Waals surface area contributed by atoms with Gasteiger partial charge in [0.25, 0.3) is 0 Å². The molecule has 10 aromatic rings. The van der Waals surface area contributed by atoms with Crippen LogP contribution in [0.25, 0.3) is 10.9 Å². The topological polar surface area (TPSA) is 140 Å². The van der Waals surface area contributed by atoms with E-state index >= 15 is 0 Å². The SMILES string of the molecule is C=S(C)(=O)c1ccc(C(C)C)cc1.CC(=O)Nc1ccc(C(C)C)cn1.CC(C)c1ccc(N2CC3(COC3)C2)cc1.CC(C)c1ccc(N2CC3CCCC3C2)cc1.CC(C)c1ccc(N2CCN(C3COC3)CC2)cc1F.CC(C)c1ccc(N2C[C@@H](C)N(C3COC3)C[C@@H]2C)cc1.CC(C)c1ccc2ccn(C)c2c1.CCOc1ccc(C(C)C)cn1.Cc1cc(C(C)C)ccc1N1CCN(C2CCC2)CC1. The second kappa shape index (κ2) is 54.0. The Balaban J connectivity index is 0.000000146. The van der Waals surface area contributed by atoms with Crippen molar-refractivity contribution in [1.29, 1.82) is 0 Å². The van der Waals surface area contributed by atoms with Crippen molar-refractivity contribution >= 4 is 66.5 Å². The Labute approximate surface area is 874 Å². The van der Waals surface area contributed by atoms with Gasteiger partial charge in [0.15, 0.2) is 0 Å². The summed E-state index contributed by atoms with van der Waals surface area (Å²) in [6.45, 7) is 72.0. The number of pyridine rings is 2. The van der Waals surface area contributed by atoms with Gasteiger partial charge in [-0.2, -0.15) is 0 Å². The molecule has 2 aliphatic carbocycles. The molecule has 0 radical (unpaired) electrons. The highest BCUT2D eigenvalue weighted by atomic mass is 32.2. The average Bonchev–Trinajstić information content (AvgIpc) is 1.07. The molecule has 3 unspecified atom stereocenters. The minimum Gasteiger partial charge on any atom is -0.478 e. The number of nitrogens with one attached hydrogen (secondary N) is 1. The highest BCUT2D eigenvalue weighted by molar-refractivity contribution is 7.99. The van der Waals surface area contributed by atoms with Gasteiger partial charge in [-0.1, -0.05) is 228 Å². The van der Waals surface area contributed by atoms with E-state index in [-0.39, 0.29) is 17.6 Å². The molecule has 1 N–H and O–H groups in total. The fourth-order valence-electron chi connectivity index (χ4n) is 20.8. The molecule has 0 bridgehead atoms. The van der Waals surface area contributed by atoms with Crippen molar-refractivity contribution in [3.05, 3.63) is 262 Å². The van der Waals surface area contributed by atoms with Crippen LogP contribution in [0.1, 0.15) is 300 Å². The summed E-state index contributed by atoms with van der Waals surface area (Å²) in [6.07, 6.45) is 16.1. The summed E-state index contributed by atoms with van der Waals surface area (Å²) in [5, 5.41) is 3.95. The highest BCUT2D eigenvalue weighted by Gasteiger charge is 2.49. The normalized spacial score (nSPS) is 19.8. The molecule has 8 aliphatic heterocycles. The number of anilines is 6. The van der Waals surface area contributed by atoms with Crippen LogP contribution in [-0.2, 0) is 35.6 Å². The Bertz CT molecular complexity index is 5660. The number of rotatable bonds is 21. The van der Waals surface area contributed by atoms with Crippen LogP contribution in [0, 0.1) is 30.0 Å². The first-order valence-corrected chi connectivity index (χ1v) is 57.1. The molecule has 20 rings (SSSR count). The molecule has 10 fully saturated rings. The summed E-state index contributed by atoms with van der Waals surface area (Å²) >= 11 is 0.